The SMILES string of the molecule is CSC1N=c2ccccc2=CN1N. The fourth-order valence-electron chi connectivity index (χ4n) is 1.30. The van der Waals surface area contributed by atoms with Crippen LogP contribution < -0.4 is 16.4 Å². The van der Waals surface area contributed by atoms with Crippen LogP contribution in [0.5, 0.6) is 0 Å². The molecule has 0 aromatic heterocycles. The van der Waals surface area contributed by atoms with Crippen LogP contribution in [0.15, 0.2) is 29.3 Å². The average Bonchev–Trinajstić information content (AvgIpc) is 2.17. The number of thioether (sulfide) groups is 1. The van der Waals surface area contributed by atoms with Crippen molar-refractivity contribution in [2.75, 3.05) is 6.26 Å². The Hall–Kier alpha value is -1.00. The quantitative estimate of drug-likeness (QED) is 0.632. The molecule has 0 spiro atoms. The standard InChI is InChI=1S/C9H11N3S/c1-13-9-11-8-5-3-2-4-7(8)6-12(9)10/h2-6,9H,10H2,1H3. The summed E-state index contributed by atoms with van der Waals surface area (Å²) in [7, 11) is 0. The molecule has 1 aromatic carbocycles. The van der Waals surface area contributed by atoms with Crippen molar-refractivity contribution >= 4 is 18.0 Å². The van der Waals surface area contributed by atoms with E-state index in [9.17, 15) is 0 Å². The van der Waals surface area contributed by atoms with Crippen molar-refractivity contribution in [2.24, 2.45) is 10.8 Å². The van der Waals surface area contributed by atoms with E-state index in [1.165, 1.54) is 0 Å². The van der Waals surface area contributed by atoms with E-state index in [0.717, 1.165) is 10.6 Å². The lowest BCUT2D eigenvalue weighted by Gasteiger charge is -2.23. The Morgan fingerprint density at radius 3 is 3.00 bits per heavy atom. The van der Waals surface area contributed by atoms with Gasteiger partial charge in [0.05, 0.1) is 5.36 Å². The molecule has 1 heterocycles. The third kappa shape index (κ3) is 1.55. The van der Waals surface area contributed by atoms with E-state index >= 15 is 0 Å². The number of hydrogen-bond donors (Lipinski definition) is 1. The largest absolute Gasteiger partial charge is 0.284 e. The van der Waals surface area contributed by atoms with Gasteiger partial charge >= 0.3 is 0 Å². The smallest absolute Gasteiger partial charge is 0.181 e. The Morgan fingerprint density at radius 2 is 2.23 bits per heavy atom. The van der Waals surface area contributed by atoms with Crippen molar-refractivity contribution in [3.8, 4) is 0 Å². The summed E-state index contributed by atoms with van der Waals surface area (Å²) >= 11 is 1.62. The van der Waals surface area contributed by atoms with Crippen molar-refractivity contribution in [3.63, 3.8) is 0 Å². The van der Waals surface area contributed by atoms with Gasteiger partial charge in [-0.1, -0.05) is 18.2 Å². The number of hydrogen-bond acceptors (Lipinski definition) is 4. The number of hydrazine groups is 1. The predicted octanol–water partition coefficient (Wildman–Crippen LogP) is -0.120. The topological polar surface area (TPSA) is 41.6 Å². The fraction of sp³-hybridized carbons (Fsp3) is 0.222. The van der Waals surface area contributed by atoms with Gasteiger partial charge in [0.2, 0.25) is 0 Å². The van der Waals surface area contributed by atoms with E-state index < -0.39 is 0 Å². The Bertz CT molecular complexity index is 415. The molecule has 1 aliphatic heterocycles. The van der Waals surface area contributed by atoms with Crippen LogP contribution in [-0.2, 0) is 0 Å². The number of fused-ring (bicyclic) bond motifs is 1. The molecule has 0 fully saturated rings. The van der Waals surface area contributed by atoms with Gasteiger partial charge < -0.3 is 0 Å². The first-order chi connectivity index (χ1) is 6.31. The second kappa shape index (κ2) is 3.40. The number of benzene rings is 1. The summed E-state index contributed by atoms with van der Waals surface area (Å²) < 4.78 is 0. The molecule has 13 heavy (non-hydrogen) atoms. The Morgan fingerprint density at radius 1 is 1.46 bits per heavy atom. The monoisotopic (exact) mass is 193 g/mol. The first-order valence-corrected chi connectivity index (χ1v) is 5.30. The van der Waals surface area contributed by atoms with Crippen LogP contribution in [0.1, 0.15) is 0 Å². The first kappa shape index (κ1) is 8.59. The van der Waals surface area contributed by atoms with Crippen LogP contribution in [0.4, 0.5) is 0 Å². The molecule has 0 bridgehead atoms. The zero-order valence-corrected chi connectivity index (χ0v) is 8.16. The molecule has 0 radical (unpaired) electrons. The first-order valence-electron chi connectivity index (χ1n) is 4.02. The molecule has 68 valence electrons. The minimum atomic E-state index is 0.00917. The Kier molecular flexibility index (Phi) is 2.24. The zero-order chi connectivity index (χ0) is 9.26. The summed E-state index contributed by atoms with van der Waals surface area (Å²) in [5.74, 6) is 5.77. The summed E-state index contributed by atoms with van der Waals surface area (Å²) in [4.78, 5) is 4.48. The number of para-hydroxylation sites is 1. The van der Waals surface area contributed by atoms with Gasteiger partial charge in [0.15, 0.2) is 5.50 Å². The number of nitrogens with zero attached hydrogens (tertiary/aromatic N) is 2. The molecule has 1 aliphatic rings. The summed E-state index contributed by atoms with van der Waals surface area (Å²) in [6.45, 7) is 0. The summed E-state index contributed by atoms with van der Waals surface area (Å²) in [6, 6.07) is 7.98. The van der Waals surface area contributed by atoms with E-state index in [1.54, 1.807) is 16.8 Å². The maximum atomic E-state index is 5.77. The lowest BCUT2D eigenvalue weighted by atomic mass is 10.3. The normalized spacial score (nSPS) is 20.2. The van der Waals surface area contributed by atoms with Crippen LogP contribution in [0.2, 0.25) is 0 Å². The lowest BCUT2D eigenvalue weighted by Crippen LogP contribution is -2.43. The van der Waals surface area contributed by atoms with E-state index in [4.69, 9.17) is 5.84 Å². The molecule has 0 saturated heterocycles. The van der Waals surface area contributed by atoms with Crippen molar-refractivity contribution in [1.29, 1.82) is 0 Å². The van der Waals surface area contributed by atoms with Crippen LogP contribution >= 0.6 is 11.8 Å². The summed E-state index contributed by atoms with van der Waals surface area (Å²) in [5.41, 5.74) is 0.00917. The molecule has 4 heteroatoms. The van der Waals surface area contributed by atoms with E-state index in [-0.39, 0.29) is 5.50 Å². The van der Waals surface area contributed by atoms with Crippen molar-refractivity contribution in [2.45, 2.75) is 5.50 Å². The third-order valence-electron chi connectivity index (χ3n) is 1.94. The van der Waals surface area contributed by atoms with Crippen LogP contribution in [-0.4, -0.2) is 16.8 Å². The van der Waals surface area contributed by atoms with Crippen molar-refractivity contribution < 1.29 is 0 Å². The van der Waals surface area contributed by atoms with Gasteiger partial charge in [0, 0.05) is 11.4 Å². The molecule has 2 N–H and O–H groups in total. The van der Waals surface area contributed by atoms with E-state index in [2.05, 4.69) is 4.99 Å². The van der Waals surface area contributed by atoms with Crippen LogP contribution in [0.3, 0.4) is 0 Å². The van der Waals surface area contributed by atoms with Crippen molar-refractivity contribution in [1.82, 2.24) is 5.01 Å². The molecule has 1 aromatic rings. The second-order valence-corrected chi connectivity index (χ2v) is 3.72. The highest BCUT2D eigenvalue weighted by molar-refractivity contribution is 7.99. The number of rotatable bonds is 1. The molecular weight excluding hydrogens is 182 g/mol. The minimum Gasteiger partial charge on any atom is -0.284 e. The molecule has 3 nitrogen and oxygen atoms in total. The van der Waals surface area contributed by atoms with E-state index in [0.29, 0.717) is 0 Å². The average molecular weight is 193 g/mol. The third-order valence-corrected chi connectivity index (χ3v) is 2.71. The maximum Gasteiger partial charge on any atom is 0.181 e. The lowest BCUT2D eigenvalue weighted by molar-refractivity contribution is 0.402. The molecular formula is C9H11N3S. The Labute approximate surface area is 80.9 Å². The van der Waals surface area contributed by atoms with Gasteiger partial charge in [-0.15, -0.1) is 11.8 Å². The summed E-state index contributed by atoms with van der Waals surface area (Å²) in [6.07, 6.45) is 3.92. The molecule has 1 unspecified atom stereocenters. The second-order valence-electron chi connectivity index (χ2n) is 2.83. The molecule has 0 amide bonds. The highest BCUT2D eigenvalue weighted by Gasteiger charge is 2.11. The van der Waals surface area contributed by atoms with E-state index in [1.807, 2.05) is 36.7 Å². The molecule has 0 aliphatic carbocycles. The highest BCUT2D eigenvalue weighted by atomic mass is 32.2. The molecule has 2 rings (SSSR count). The Balaban J connectivity index is 2.59. The fourth-order valence-corrected chi connectivity index (χ4v) is 1.82. The molecule has 0 saturated carbocycles. The predicted molar refractivity (Wildman–Crippen MR) is 55.0 cm³/mol. The van der Waals surface area contributed by atoms with Gasteiger partial charge in [-0.2, -0.15) is 0 Å². The molecule has 1 atom stereocenters. The van der Waals surface area contributed by atoms with Crippen LogP contribution in [0.25, 0.3) is 6.20 Å². The van der Waals surface area contributed by atoms with Crippen LogP contribution in [0, 0.1) is 0 Å². The minimum absolute atomic E-state index is 0.00917. The van der Waals surface area contributed by atoms with Gasteiger partial charge in [0.25, 0.3) is 0 Å². The zero-order valence-electron chi connectivity index (χ0n) is 7.34. The van der Waals surface area contributed by atoms with Gasteiger partial charge in [-0.25, -0.2) is 10.8 Å². The van der Waals surface area contributed by atoms with Gasteiger partial charge in [0.1, 0.15) is 0 Å². The summed E-state index contributed by atoms with van der Waals surface area (Å²) in [5, 5.41) is 3.73. The van der Waals surface area contributed by atoms with Gasteiger partial charge in [-0.3, -0.25) is 5.01 Å². The van der Waals surface area contributed by atoms with Gasteiger partial charge in [-0.05, 0) is 12.3 Å². The van der Waals surface area contributed by atoms with Crippen molar-refractivity contribution in [3.05, 3.63) is 34.8 Å². The number of nitrogens with two attached hydrogens (primary N) is 1. The highest BCUT2D eigenvalue weighted by Crippen LogP contribution is 2.10. The maximum absolute atomic E-state index is 5.77.